The minimum Gasteiger partial charge on any atom is -0.478 e. The van der Waals surface area contributed by atoms with Gasteiger partial charge >= 0.3 is 11.9 Å². The van der Waals surface area contributed by atoms with Gasteiger partial charge in [-0.15, -0.1) is 0 Å². The monoisotopic (exact) mass is 296 g/mol. The Kier molecular flexibility index (Phi) is 4.80. The maximum atomic E-state index is 11.6. The number of aromatic carboxylic acids is 2. The topological polar surface area (TPSA) is 74.6 Å². The number of unbranched alkanes of at least 4 members (excludes halogenated alkanes) is 2. The molecule has 0 spiro atoms. The van der Waals surface area contributed by atoms with Crippen LogP contribution in [-0.2, 0) is 0 Å². The molecule has 0 amide bonds. The second-order valence-corrected chi connectivity index (χ2v) is 4.94. The summed E-state index contributed by atoms with van der Waals surface area (Å²) in [5.74, 6) is 3.80. The lowest BCUT2D eigenvalue weighted by Crippen LogP contribution is -2.03. The summed E-state index contributed by atoms with van der Waals surface area (Å²) in [4.78, 5) is 22.6. The number of fused-ring (bicyclic) bond motifs is 1. The SMILES string of the molecule is CCCCC#Cc1ccc2cc(C(=O)O)ccc2c1C(=O)O. The first kappa shape index (κ1) is 15.6. The van der Waals surface area contributed by atoms with E-state index in [9.17, 15) is 14.7 Å². The van der Waals surface area contributed by atoms with Gasteiger partial charge in [0.25, 0.3) is 0 Å². The van der Waals surface area contributed by atoms with Crippen LogP contribution in [0.5, 0.6) is 0 Å². The predicted molar refractivity (Wildman–Crippen MR) is 84.3 cm³/mol. The molecule has 2 aromatic carbocycles. The fourth-order valence-corrected chi connectivity index (χ4v) is 2.22. The van der Waals surface area contributed by atoms with Gasteiger partial charge in [-0.2, -0.15) is 0 Å². The van der Waals surface area contributed by atoms with Gasteiger partial charge in [0.2, 0.25) is 0 Å². The summed E-state index contributed by atoms with van der Waals surface area (Å²) in [6, 6.07) is 7.75. The van der Waals surface area contributed by atoms with E-state index in [1.165, 1.54) is 18.2 Å². The number of hydrogen-bond donors (Lipinski definition) is 2. The highest BCUT2D eigenvalue weighted by Gasteiger charge is 2.14. The van der Waals surface area contributed by atoms with Crippen molar-refractivity contribution in [1.82, 2.24) is 0 Å². The first-order valence-corrected chi connectivity index (χ1v) is 7.06. The Balaban J connectivity index is 2.56. The number of carboxylic acid groups (broad SMARTS) is 2. The lowest BCUT2D eigenvalue weighted by atomic mass is 9.97. The summed E-state index contributed by atoms with van der Waals surface area (Å²) in [6.45, 7) is 2.07. The van der Waals surface area contributed by atoms with Crippen LogP contribution in [0, 0.1) is 11.8 Å². The van der Waals surface area contributed by atoms with E-state index < -0.39 is 11.9 Å². The van der Waals surface area contributed by atoms with E-state index in [1.54, 1.807) is 12.1 Å². The van der Waals surface area contributed by atoms with Gasteiger partial charge in [0.15, 0.2) is 0 Å². The lowest BCUT2D eigenvalue weighted by Gasteiger charge is -2.06. The molecule has 22 heavy (non-hydrogen) atoms. The standard InChI is InChI=1S/C18H16O4/c1-2-3-4-5-6-12-7-8-13-11-14(17(19)20)9-10-15(13)16(12)18(21)22/h7-11H,2-4H2,1H3,(H,19,20)(H,21,22). The minimum absolute atomic E-state index is 0.124. The lowest BCUT2D eigenvalue weighted by molar-refractivity contribution is 0.0688. The van der Waals surface area contributed by atoms with E-state index in [2.05, 4.69) is 18.8 Å². The zero-order chi connectivity index (χ0) is 16.1. The number of rotatable bonds is 4. The summed E-state index contributed by atoms with van der Waals surface area (Å²) >= 11 is 0. The highest BCUT2D eigenvalue weighted by Crippen LogP contribution is 2.24. The van der Waals surface area contributed by atoms with Crippen LogP contribution in [0.3, 0.4) is 0 Å². The molecule has 4 nitrogen and oxygen atoms in total. The van der Waals surface area contributed by atoms with Crippen LogP contribution >= 0.6 is 0 Å². The Labute approximate surface area is 128 Å². The van der Waals surface area contributed by atoms with Crippen molar-refractivity contribution in [1.29, 1.82) is 0 Å². The second-order valence-electron chi connectivity index (χ2n) is 4.94. The summed E-state index contributed by atoms with van der Waals surface area (Å²) in [5.41, 5.74) is 0.711. The molecule has 0 bridgehead atoms. The second kappa shape index (κ2) is 6.77. The molecule has 0 unspecified atom stereocenters. The van der Waals surface area contributed by atoms with Gasteiger partial charge in [0.1, 0.15) is 0 Å². The molecule has 2 aromatic rings. The van der Waals surface area contributed by atoms with Crippen LogP contribution in [0.4, 0.5) is 0 Å². The maximum absolute atomic E-state index is 11.6. The van der Waals surface area contributed by atoms with E-state index in [4.69, 9.17) is 5.11 Å². The molecule has 0 heterocycles. The quantitative estimate of drug-likeness (QED) is 0.665. The zero-order valence-electron chi connectivity index (χ0n) is 12.2. The molecule has 2 rings (SSSR count). The smallest absolute Gasteiger partial charge is 0.337 e. The van der Waals surface area contributed by atoms with Gasteiger partial charge in [-0.3, -0.25) is 0 Å². The third-order valence-electron chi connectivity index (χ3n) is 3.36. The fraction of sp³-hybridized carbons (Fsp3) is 0.222. The third kappa shape index (κ3) is 3.26. The van der Waals surface area contributed by atoms with Crippen molar-refractivity contribution >= 4 is 22.7 Å². The zero-order valence-corrected chi connectivity index (χ0v) is 12.2. The van der Waals surface area contributed by atoms with Crippen molar-refractivity contribution in [2.24, 2.45) is 0 Å². The third-order valence-corrected chi connectivity index (χ3v) is 3.36. The van der Waals surface area contributed by atoms with Crippen LogP contribution in [0.25, 0.3) is 10.8 Å². The van der Waals surface area contributed by atoms with Gasteiger partial charge < -0.3 is 10.2 Å². The molecule has 0 saturated heterocycles. The summed E-state index contributed by atoms with van der Waals surface area (Å²) in [5, 5.41) is 19.5. The molecule has 4 heteroatoms. The summed E-state index contributed by atoms with van der Waals surface area (Å²) < 4.78 is 0. The van der Waals surface area contributed by atoms with Crippen LogP contribution in [0.15, 0.2) is 30.3 Å². The van der Waals surface area contributed by atoms with Crippen molar-refractivity contribution in [3.8, 4) is 11.8 Å². The normalized spacial score (nSPS) is 10.0. The van der Waals surface area contributed by atoms with Gasteiger partial charge in [0.05, 0.1) is 11.1 Å². The van der Waals surface area contributed by atoms with Crippen molar-refractivity contribution in [3.05, 3.63) is 47.0 Å². The molecule has 0 aliphatic carbocycles. The molecule has 0 aliphatic heterocycles. The van der Waals surface area contributed by atoms with Crippen molar-refractivity contribution < 1.29 is 19.8 Å². The number of benzene rings is 2. The fourth-order valence-electron chi connectivity index (χ4n) is 2.22. The molecular weight excluding hydrogens is 280 g/mol. The largest absolute Gasteiger partial charge is 0.478 e. The van der Waals surface area contributed by atoms with Crippen LogP contribution in [-0.4, -0.2) is 22.2 Å². The summed E-state index contributed by atoms with van der Waals surface area (Å²) in [6.07, 6.45) is 2.74. The molecule has 0 fully saturated rings. The molecular formula is C18H16O4. The average Bonchev–Trinajstić information content (AvgIpc) is 2.50. The Morgan fingerprint density at radius 2 is 1.86 bits per heavy atom. The molecule has 112 valence electrons. The number of carbonyl (C=O) groups is 2. The predicted octanol–water partition coefficient (Wildman–Crippen LogP) is 3.78. The minimum atomic E-state index is -1.06. The number of hydrogen-bond acceptors (Lipinski definition) is 2. The highest BCUT2D eigenvalue weighted by atomic mass is 16.4. The van der Waals surface area contributed by atoms with Crippen LogP contribution in [0.1, 0.15) is 52.5 Å². The molecule has 2 N–H and O–H groups in total. The highest BCUT2D eigenvalue weighted by molar-refractivity contribution is 6.07. The molecule has 0 atom stereocenters. The molecule has 0 aromatic heterocycles. The Morgan fingerprint density at radius 3 is 2.50 bits per heavy atom. The van der Waals surface area contributed by atoms with E-state index in [0.29, 0.717) is 16.3 Å². The Bertz CT molecular complexity index is 794. The van der Waals surface area contributed by atoms with Gasteiger partial charge in [-0.1, -0.05) is 37.3 Å². The van der Waals surface area contributed by atoms with Gasteiger partial charge in [0, 0.05) is 12.0 Å². The first-order chi connectivity index (χ1) is 10.5. The molecule has 0 radical (unpaired) electrons. The van der Waals surface area contributed by atoms with E-state index in [-0.39, 0.29) is 11.1 Å². The van der Waals surface area contributed by atoms with Crippen molar-refractivity contribution in [2.75, 3.05) is 0 Å². The van der Waals surface area contributed by atoms with E-state index in [0.717, 1.165) is 19.3 Å². The van der Waals surface area contributed by atoms with Gasteiger partial charge in [-0.25, -0.2) is 9.59 Å². The maximum Gasteiger partial charge on any atom is 0.337 e. The molecule has 0 saturated carbocycles. The number of carboxylic acids is 2. The summed E-state index contributed by atoms with van der Waals surface area (Å²) in [7, 11) is 0. The van der Waals surface area contributed by atoms with E-state index >= 15 is 0 Å². The first-order valence-electron chi connectivity index (χ1n) is 7.06. The van der Waals surface area contributed by atoms with Crippen LogP contribution in [0.2, 0.25) is 0 Å². The van der Waals surface area contributed by atoms with Gasteiger partial charge in [-0.05, 0) is 35.4 Å². The van der Waals surface area contributed by atoms with Crippen molar-refractivity contribution in [3.63, 3.8) is 0 Å². The average molecular weight is 296 g/mol. The van der Waals surface area contributed by atoms with Crippen molar-refractivity contribution in [2.45, 2.75) is 26.2 Å². The Morgan fingerprint density at radius 1 is 1.09 bits per heavy atom. The van der Waals surface area contributed by atoms with Crippen LogP contribution < -0.4 is 0 Å². The molecule has 0 aliphatic rings. The van der Waals surface area contributed by atoms with E-state index in [1.807, 2.05) is 0 Å². The Hall–Kier alpha value is -2.80.